The van der Waals surface area contributed by atoms with Crippen molar-refractivity contribution in [2.45, 2.75) is 32.6 Å². The van der Waals surface area contributed by atoms with Crippen LogP contribution in [0.3, 0.4) is 0 Å². The summed E-state index contributed by atoms with van der Waals surface area (Å²) in [5.74, 6) is -0.488. The Kier molecular flexibility index (Phi) is 6.85. The van der Waals surface area contributed by atoms with Crippen molar-refractivity contribution in [2.24, 2.45) is 0 Å². The molecule has 29 heavy (non-hydrogen) atoms. The second kappa shape index (κ2) is 9.73. The number of ether oxygens (including phenoxy) is 2. The van der Waals surface area contributed by atoms with E-state index < -0.39 is 11.9 Å². The SMILES string of the molecule is CCCCCCOc1ccc(C(=O)Oc2ccc(C(=O)O)cc2)c2ccccc12. The Bertz CT molecular complexity index is 992. The predicted octanol–water partition coefficient (Wildman–Crippen LogP) is 5.72. The molecule has 0 atom stereocenters. The monoisotopic (exact) mass is 392 g/mol. The molecule has 0 saturated heterocycles. The number of hydrogen-bond donors (Lipinski definition) is 1. The van der Waals surface area contributed by atoms with Crippen molar-refractivity contribution >= 4 is 22.7 Å². The van der Waals surface area contributed by atoms with E-state index in [0.29, 0.717) is 17.9 Å². The van der Waals surface area contributed by atoms with E-state index in [9.17, 15) is 9.59 Å². The Morgan fingerprint density at radius 3 is 2.28 bits per heavy atom. The minimum atomic E-state index is -1.03. The van der Waals surface area contributed by atoms with Gasteiger partial charge in [0.25, 0.3) is 0 Å². The second-order valence-electron chi connectivity index (χ2n) is 6.79. The number of aromatic carboxylic acids is 1. The summed E-state index contributed by atoms with van der Waals surface area (Å²) in [5, 5.41) is 10.6. The molecule has 0 saturated carbocycles. The van der Waals surface area contributed by atoms with Gasteiger partial charge in [0.05, 0.1) is 17.7 Å². The second-order valence-corrected chi connectivity index (χ2v) is 6.79. The molecule has 0 heterocycles. The van der Waals surface area contributed by atoms with Crippen LogP contribution < -0.4 is 9.47 Å². The Morgan fingerprint density at radius 1 is 0.862 bits per heavy atom. The van der Waals surface area contributed by atoms with Crippen molar-refractivity contribution in [1.82, 2.24) is 0 Å². The predicted molar refractivity (Wildman–Crippen MR) is 112 cm³/mol. The molecule has 0 radical (unpaired) electrons. The lowest BCUT2D eigenvalue weighted by molar-refractivity contribution is 0.0696. The van der Waals surface area contributed by atoms with E-state index in [4.69, 9.17) is 14.6 Å². The van der Waals surface area contributed by atoms with E-state index in [0.717, 1.165) is 29.4 Å². The molecule has 0 amide bonds. The fourth-order valence-electron chi connectivity index (χ4n) is 3.11. The van der Waals surface area contributed by atoms with Crippen molar-refractivity contribution in [1.29, 1.82) is 0 Å². The van der Waals surface area contributed by atoms with Crippen molar-refractivity contribution in [3.8, 4) is 11.5 Å². The first kappa shape index (κ1) is 20.4. The summed E-state index contributed by atoms with van der Waals surface area (Å²) in [6.07, 6.45) is 4.51. The van der Waals surface area contributed by atoms with E-state index in [2.05, 4.69) is 6.92 Å². The Balaban J connectivity index is 1.78. The fraction of sp³-hybridized carbons (Fsp3) is 0.250. The molecule has 5 nitrogen and oxygen atoms in total. The molecule has 0 spiro atoms. The fourth-order valence-corrected chi connectivity index (χ4v) is 3.11. The molecule has 3 rings (SSSR count). The summed E-state index contributed by atoms with van der Waals surface area (Å²) in [6.45, 7) is 2.82. The average molecular weight is 392 g/mol. The maximum atomic E-state index is 12.7. The van der Waals surface area contributed by atoms with Crippen LogP contribution in [0.5, 0.6) is 11.5 Å². The molecule has 0 bridgehead atoms. The van der Waals surface area contributed by atoms with Crippen LogP contribution in [0.15, 0.2) is 60.7 Å². The standard InChI is InChI=1S/C24H24O5/c1-2-3-4-7-16-28-22-15-14-21(19-8-5-6-9-20(19)22)24(27)29-18-12-10-17(11-13-18)23(25)26/h5-6,8-15H,2-4,7,16H2,1H3,(H,25,26). The molecule has 0 aliphatic heterocycles. The Hall–Kier alpha value is -3.34. The van der Waals surface area contributed by atoms with E-state index >= 15 is 0 Å². The largest absolute Gasteiger partial charge is 0.493 e. The minimum Gasteiger partial charge on any atom is -0.493 e. The van der Waals surface area contributed by atoms with Crippen LogP contribution in [0, 0.1) is 0 Å². The molecule has 0 aliphatic rings. The molecular formula is C24H24O5. The van der Waals surface area contributed by atoms with Gasteiger partial charge in [-0.2, -0.15) is 0 Å². The van der Waals surface area contributed by atoms with E-state index in [1.165, 1.54) is 37.1 Å². The number of carbonyl (C=O) groups is 2. The third-order valence-electron chi connectivity index (χ3n) is 4.67. The maximum Gasteiger partial charge on any atom is 0.344 e. The van der Waals surface area contributed by atoms with Gasteiger partial charge in [0.15, 0.2) is 0 Å². The average Bonchev–Trinajstić information content (AvgIpc) is 2.74. The lowest BCUT2D eigenvalue weighted by Gasteiger charge is -2.12. The molecule has 0 fully saturated rings. The number of unbranched alkanes of at least 4 members (excludes halogenated alkanes) is 3. The number of hydrogen-bond acceptors (Lipinski definition) is 4. The van der Waals surface area contributed by atoms with Gasteiger partial charge in [0.1, 0.15) is 11.5 Å². The van der Waals surface area contributed by atoms with Gasteiger partial charge in [-0.3, -0.25) is 0 Å². The smallest absolute Gasteiger partial charge is 0.344 e. The first-order valence-corrected chi connectivity index (χ1v) is 9.80. The summed E-state index contributed by atoms with van der Waals surface area (Å²) in [5.41, 5.74) is 0.567. The molecule has 0 aliphatic carbocycles. The number of carboxylic acid groups (broad SMARTS) is 1. The van der Waals surface area contributed by atoms with Gasteiger partial charge in [0, 0.05) is 5.39 Å². The lowest BCUT2D eigenvalue weighted by Crippen LogP contribution is -2.10. The number of carbonyl (C=O) groups excluding carboxylic acids is 1. The van der Waals surface area contributed by atoms with Crippen molar-refractivity contribution in [3.63, 3.8) is 0 Å². The zero-order valence-corrected chi connectivity index (χ0v) is 16.4. The summed E-state index contributed by atoms with van der Waals surface area (Å²) < 4.78 is 11.4. The van der Waals surface area contributed by atoms with E-state index in [1.807, 2.05) is 24.3 Å². The highest BCUT2D eigenvalue weighted by Gasteiger charge is 2.15. The molecule has 5 heteroatoms. The van der Waals surface area contributed by atoms with Gasteiger partial charge in [0.2, 0.25) is 0 Å². The number of rotatable bonds is 9. The summed E-state index contributed by atoms with van der Waals surface area (Å²) in [7, 11) is 0. The Labute approximate surface area is 169 Å². The van der Waals surface area contributed by atoms with Crippen molar-refractivity contribution in [3.05, 3.63) is 71.8 Å². The molecule has 0 aromatic heterocycles. The number of benzene rings is 3. The van der Waals surface area contributed by atoms with Gasteiger partial charge < -0.3 is 14.6 Å². The Morgan fingerprint density at radius 2 is 1.59 bits per heavy atom. The van der Waals surface area contributed by atoms with Crippen molar-refractivity contribution in [2.75, 3.05) is 6.61 Å². The van der Waals surface area contributed by atoms with Crippen LogP contribution in [-0.4, -0.2) is 23.7 Å². The summed E-state index contributed by atoms with van der Waals surface area (Å²) >= 11 is 0. The van der Waals surface area contributed by atoms with E-state index in [1.54, 1.807) is 12.1 Å². The minimum absolute atomic E-state index is 0.135. The first-order valence-electron chi connectivity index (χ1n) is 9.80. The number of carboxylic acids is 1. The van der Waals surface area contributed by atoms with Gasteiger partial charge in [-0.15, -0.1) is 0 Å². The lowest BCUT2D eigenvalue weighted by atomic mass is 10.0. The molecule has 150 valence electrons. The first-order chi connectivity index (χ1) is 14.1. The molecule has 3 aromatic carbocycles. The highest BCUT2D eigenvalue weighted by molar-refractivity contribution is 6.07. The summed E-state index contributed by atoms with van der Waals surface area (Å²) in [6, 6.07) is 16.8. The zero-order chi connectivity index (χ0) is 20.6. The molecule has 3 aromatic rings. The van der Waals surface area contributed by atoms with Crippen LogP contribution in [0.2, 0.25) is 0 Å². The quantitative estimate of drug-likeness (QED) is 0.287. The highest BCUT2D eigenvalue weighted by Crippen LogP contribution is 2.29. The normalized spacial score (nSPS) is 10.7. The number of esters is 1. The van der Waals surface area contributed by atoms with Crippen LogP contribution >= 0.6 is 0 Å². The zero-order valence-electron chi connectivity index (χ0n) is 16.4. The van der Waals surface area contributed by atoms with Gasteiger partial charge in [-0.25, -0.2) is 9.59 Å². The third kappa shape index (κ3) is 5.13. The van der Waals surface area contributed by atoms with Crippen LogP contribution in [0.4, 0.5) is 0 Å². The van der Waals surface area contributed by atoms with Gasteiger partial charge >= 0.3 is 11.9 Å². The maximum absolute atomic E-state index is 12.7. The van der Waals surface area contributed by atoms with Gasteiger partial charge in [-0.05, 0) is 48.2 Å². The van der Waals surface area contributed by atoms with Crippen LogP contribution in [0.1, 0.15) is 53.3 Å². The molecule has 0 unspecified atom stereocenters. The topological polar surface area (TPSA) is 72.8 Å². The van der Waals surface area contributed by atoms with Crippen LogP contribution in [0.25, 0.3) is 10.8 Å². The van der Waals surface area contributed by atoms with Gasteiger partial charge in [-0.1, -0.05) is 50.5 Å². The van der Waals surface area contributed by atoms with E-state index in [-0.39, 0.29) is 5.56 Å². The summed E-state index contributed by atoms with van der Waals surface area (Å²) in [4.78, 5) is 23.7. The highest BCUT2D eigenvalue weighted by atomic mass is 16.5. The van der Waals surface area contributed by atoms with Crippen LogP contribution in [-0.2, 0) is 0 Å². The molecular weight excluding hydrogens is 368 g/mol. The third-order valence-corrected chi connectivity index (χ3v) is 4.67. The molecule has 1 N–H and O–H groups in total. The number of fused-ring (bicyclic) bond motifs is 1. The van der Waals surface area contributed by atoms with Crippen molar-refractivity contribution < 1.29 is 24.2 Å².